The van der Waals surface area contributed by atoms with E-state index < -0.39 is 0 Å². The van der Waals surface area contributed by atoms with Crippen LogP contribution in [0, 0.1) is 0 Å². The highest BCUT2D eigenvalue weighted by atomic mass is 35.5. The molecule has 0 atom stereocenters. The van der Waals surface area contributed by atoms with Gasteiger partial charge in [0.2, 0.25) is 11.7 Å². The number of carbonyl (C=O) groups is 1. The van der Waals surface area contributed by atoms with Crippen molar-refractivity contribution in [2.24, 2.45) is 0 Å². The van der Waals surface area contributed by atoms with Crippen LogP contribution in [0.5, 0.6) is 0 Å². The molecule has 1 amide bonds. The fourth-order valence-corrected chi connectivity index (χ4v) is 4.32. The van der Waals surface area contributed by atoms with Gasteiger partial charge in [0.25, 0.3) is 0 Å². The Balaban J connectivity index is 0.00000274. The molecule has 0 aliphatic carbocycles. The van der Waals surface area contributed by atoms with Crippen molar-refractivity contribution in [3.63, 3.8) is 0 Å². The van der Waals surface area contributed by atoms with Gasteiger partial charge in [-0.25, -0.2) is 9.97 Å². The van der Waals surface area contributed by atoms with Crippen molar-refractivity contribution < 1.29 is 4.79 Å². The lowest BCUT2D eigenvalue weighted by Crippen LogP contribution is -2.36. The van der Waals surface area contributed by atoms with Crippen LogP contribution in [-0.4, -0.2) is 36.5 Å². The second kappa shape index (κ2) is 10.1. The summed E-state index contributed by atoms with van der Waals surface area (Å²) in [5.41, 5.74) is 6.20. The Bertz CT molecular complexity index is 1290. The predicted molar refractivity (Wildman–Crippen MR) is 133 cm³/mol. The first-order chi connectivity index (χ1) is 16.2. The van der Waals surface area contributed by atoms with E-state index in [0.717, 1.165) is 58.0 Å². The lowest BCUT2D eigenvalue weighted by molar-refractivity contribution is -0.119. The number of anilines is 1. The van der Waals surface area contributed by atoms with E-state index in [2.05, 4.69) is 51.8 Å². The van der Waals surface area contributed by atoms with Gasteiger partial charge in [-0.3, -0.25) is 9.69 Å². The van der Waals surface area contributed by atoms with Crippen LogP contribution in [-0.2, 0) is 30.6 Å². The van der Waals surface area contributed by atoms with Crippen molar-refractivity contribution in [3.05, 3.63) is 71.2 Å². The summed E-state index contributed by atoms with van der Waals surface area (Å²) in [6, 6.07) is 16.2. The van der Waals surface area contributed by atoms with Crippen LogP contribution in [0.2, 0.25) is 0 Å². The van der Waals surface area contributed by atoms with Crippen molar-refractivity contribution in [3.8, 4) is 22.5 Å². The van der Waals surface area contributed by atoms with E-state index in [-0.39, 0.29) is 18.3 Å². The molecule has 8 nitrogen and oxygen atoms in total. The minimum absolute atomic E-state index is 0. The zero-order chi connectivity index (χ0) is 22.8. The molecule has 2 aromatic heterocycles. The average Bonchev–Trinajstić information content (AvgIpc) is 3.40. The molecule has 3 heterocycles. The standard InChI is InChI=1S/C25H25N7O.ClH/c1-3-21-20-13-14-23(33)32(25(20)27-22(4-2)26-21)15-16-9-11-17(12-10-16)18-7-5-6-8-19(18)24-28-30-31-29-24;/h5-12H,3-4,13-15H2,1-2H3,(H,28,29,30,31);1H. The Morgan fingerprint density at radius 2 is 1.71 bits per heavy atom. The number of nitrogens with zero attached hydrogens (tertiary/aromatic N) is 6. The van der Waals surface area contributed by atoms with E-state index >= 15 is 0 Å². The number of benzene rings is 2. The summed E-state index contributed by atoms with van der Waals surface area (Å²) in [7, 11) is 0. The summed E-state index contributed by atoms with van der Waals surface area (Å²) in [6.45, 7) is 4.64. The molecule has 0 spiro atoms. The second-order valence-electron chi connectivity index (χ2n) is 8.05. The minimum atomic E-state index is 0. The molecular weight excluding hydrogens is 450 g/mol. The van der Waals surface area contributed by atoms with E-state index in [1.54, 1.807) is 0 Å². The highest BCUT2D eigenvalue weighted by molar-refractivity contribution is 5.95. The lowest BCUT2D eigenvalue weighted by atomic mass is 9.97. The molecule has 0 fully saturated rings. The fraction of sp³-hybridized carbons (Fsp3) is 0.280. The molecule has 1 aliphatic heterocycles. The van der Waals surface area contributed by atoms with Crippen molar-refractivity contribution in [1.82, 2.24) is 30.6 Å². The Hall–Kier alpha value is -3.65. The number of carbonyl (C=O) groups excluding carboxylic acids is 1. The number of aromatic nitrogens is 6. The summed E-state index contributed by atoms with van der Waals surface area (Å²) in [4.78, 5) is 24.1. The molecule has 9 heteroatoms. The van der Waals surface area contributed by atoms with Crippen LogP contribution in [0.3, 0.4) is 0 Å². The van der Waals surface area contributed by atoms with Crippen LogP contribution in [0.25, 0.3) is 22.5 Å². The quantitative estimate of drug-likeness (QED) is 0.445. The fourth-order valence-electron chi connectivity index (χ4n) is 4.32. The molecule has 0 bridgehead atoms. The maximum Gasteiger partial charge on any atom is 0.228 e. The predicted octanol–water partition coefficient (Wildman–Crippen LogP) is 4.35. The summed E-state index contributed by atoms with van der Waals surface area (Å²) < 4.78 is 0. The van der Waals surface area contributed by atoms with Crippen LogP contribution in [0.15, 0.2) is 48.5 Å². The number of tetrazole rings is 1. The van der Waals surface area contributed by atoms with E-state index in [4.69, 9.17) is 9.97 Å². The third kappa shape index (κ3) is 4.41. The van der Waals surface area contributed by atoms with Crippen molar-refractivity contribution in [1.29, 1.82) is 0 Å². The molecule has 0 saturated carbocycles. The number of aryl methyl sites for hydroxylation is 2. The third-order valence-corrected chi connectivity index (χ3v) is 6.03. The highest BCUT2D eigenvalue weighted by Gasteiger charge is 2.28. The van der Waals surface area contributed by atoms with Gasteiger partial charge in [0.1, 0.15) is 11.6 Å². The smallest absolute Gasteiger partial charge is 0.228 e. The average molecular weight is 476 g/mol. The monoisotopic (exact) mass is 475 g/mol. The van der Waals surface area contributed by atoms with Gasteiger partial charge in [0, 0.05) is 29.7 Å². The van der Waals surface area contributed by atoms with Gasteiger partial charge in [0.05, 0.1) is 6.54 Å². The molecule has 5 rings (SSSR count). The Kier molecular flexibility index (Phi) is 6.98. The Morgan fingerprint density at radius 3 is 2.38 bits per heavy atom. The number of aromatic amines is 1. The first-order valence-corrected chi connectivity index (χ1v) is 11.3. The van der Waals surface area contributed by atoms with Gasteiger partial charge in [-0.05, 0) is 34.7 Å². The summed E-state index contributed by atoms with van der Waals surface area (Å²) >= 11 is 0. The number of nitrogens with one attached hydrogen (secondary N) is 1. The van der Waals surface area contributed by atoms with Crippen LogP contribution in [0.1, 0.15) is 42.9 Å². The third-order valence-electron chi connectivity index (χ3n) is 6.03. The number of H-pyrrole nitrogens is 1. The number of amides is 1. The Labute approximate surface area is 204 Å². The maximum absolute atomic E-state index is 12.9. The SMILES string of the molecule is CCc1nc(CC)c2c(n1)N(Cc1ccc(-c3ccccc3-c3nn[nH]n3)cc1)C(=O)CC2.Cl. The minimum Gasteiger partial charge on any atom is -0.292 e. The van der Waals surface area contributed by atoms with Gasteiger partial charge >= 0.3 is 0 Å². The molecule has 1 aliphatic rings. The first-order valence-electron chi connectivity index (χ1n) is 11.3. The summed E-state index contributed by atoms with van der Waals surface area (Å²) in [5.74, 6) is 2.24. The topological polar surface area (TPSA) is 101 Å². The number of halogens is 1. The first kappa shape index (κ1) is 23.5. The molecule has 0 saturated heterocycles. The van der Waals surface area contributed by atoms with Crippen LogP contribution < -0.4 is 4.90 Å². The normalized spacial score (nSPS) is 12.9. The zero-order valence-electron chi connectivity index (χ0n) is 19.2. The van der Waals surface area contributed by atoms with Crippen LogP contribution in [0.4, 0.5) is 5.82 Å². The number of hydrogen-bond acceptors (Lipinski definition) is 6. The summed E-state index contributed by atoms with van der Waals surface area (Å²) in [6.07, 6.45) is 2.79. The highest BCUT2D eigenvalue weighted by Crippen LogP contribution is 2.32. The van der Waals surface area contributed by atoms with Gasteiger partial charge < -0.3 is 0 Å². The Morgan fingerprint density at radius 1 is 0.941 bits per heavy atom. The van der Waals surface area contributed by atoms with Gasteiger partial charge in [-0.2, -0.15) is 5.21 Å². The zero-order valence-corrected chi connectivity index (χ0v) is 20.0. The van der Waals surface area contributed by atoms with Gasteiger partial charge in [-0.1, -0.05) is 62.4 Å². The largest absolute Gasteiger partial charge is 0.292 e. The molecule has 0 unspecified atom stereocenters. The molecule has 2 aromatic carbocycles. The number of fused-ring (bicyclic) bond motifs is 1. The number of hydrogen-bond donors (Lipinski definition) is 1. The van der Waals surface area contributed by atoms with E-state index in [1.165, 1.54) is 0 Å². The van der Waals surface area contributed by atoms with E-state index in [9.17, 15) is 4.79 Å². The molecule has 1 N–H and O–H groups in total. The van der Waals surface area contributed by atoms with Crippen molar-refractivity contribution in [2.75, 3.05) is 4.90 Å². The molecule has 34 heavy (non-hydrogen) atoms. The maximum atomic E-state index is 12.9. The molecular formula is C25H26ClN7O. The lowest BCUT2D eigenvalue weighted by Gasteiger charge is -2.30. The molecule has 0 radical (unpaired) electrons. The molecule has 4 aromatic rings. The van der Waals surface area contributed by atoms with Gasteiger partial charge in [0.15, 0.2) is 0 Å². The van der Waals surface area contributed by atoms with E-state index in [0.29, 0.717) is 25.2 Å². The number of rotatable bonds is 6. The van der Waals surface area contributed by atoms with Gasteiger partial charge in [-0.15, -0.1) is 22.6 Å². The van der Waals surface area contributed by atoms with Crippen molar-refractivity contribution >= 4 is 24.1 Å². The van der Waals surface area contributed by atoms with Crippen molar-refractivity contribution in [2.45, 2.75) is 46.1 Å². The molecule has 174 valence electrons. The second-order valence-corrected chi connectivity index (χ2v) is 8.05. The summed E-state index contributed by atoms with van der Waals surface area (Å²) in [5, 5.41) is 14.4. The van der Waals surface area contributed by atoms with Crippen LogP contribution >= 0.6 is 12.4 Å². The van der Waals surface area contributed by atoms with E-state index in [1.807, 2.05) is 36.1 Å².